The van der Waals surface area contributed by atoms with Gasteiger partial charge in [-0.05, 0) is 22.8 Å². The zero-order valence-corrected chi connectivity index (χ0v) is 15.5. The summed E-state index contributed by atoms with van der Waals surface area (Å²) in [5.41, 5.74) is 3.31. The van der Waals surface area contributed by atoms with Crippen LogP contribution in [-0.4, -0.2) is 47.4 Å². The third-order valence-electron chi connectivity index (χ3n) is 5.23. The van der Waals surface area contributed by atoms with Gasteiger partial charge < -0.3 is 4.90 Å². The minimum Gasteiger partial charge on any atom is -0.314 e. The normalized spacial score (nSPS) is 19.9. The van der Waals surface area contributed by atoms with Gasteiger partial charge in [-0.1, -0.05) is 60.7 Å². The van der Waals surface area contributed by atoms with E-state index in [-0.39, 0.29) is 13.2 Å². The fourth-order valence-electron chi connectivity index (χ4n) is 3.66. The molecule has 0 spiro atoms. The molecule has 2 aliphatic heterocycles. The summed E-state index contributed by atoms with van der Waals surface area (Å²) in [6.45, 7) is 1.86. The van der Waals surface area contributed by atoms with Crippen LogP contribution in [0.25, 0.3) is 5.57 Å². The molecule has 0 aromatic heterocycles. The lowest BCUT2D eigenvalue weighted by Crippen LogP contribution is -3.14. The number of amides is 4. The summed E-state index contributed by atoms with van der Waals surface area (Å²) in [7, 11) is 0. The number of imide groups is 2. The van der Waals surface area contributed by atoms with Gasteiger partial charge in [-0.15, -0.1) is 0 Å². The van der Waals surface area contributed by atoms with Gasteiger partial charge in [0.2, 0.25) is 0 Å². The summed E-state index contributed by atoms with van der Waals surface area (Å²) < 4.78 is 0. The zero-order valence-electron chi connectivity index (χ0n) is 15.5. The molecule has 2 aromatic rings. The third kappa shape index (κ3) is 3.59. The second-order valence-corrected chi connectivity index (χ2v) is 7.10. The van der Waals surface area contributed by atoms with Crippen LogP contribution in [0.15, 0.2) is 66.7 Å². The van der Waals surface area contributed by atoms with Crippen LogP contribution in [0.5, 0.6) is 0 Å². The Morgan fingerprint density at radius 1 is 0.821 bits per heavy atom. The highest BCUT2D eigenvalue weighted by Crippen LogP contribution is 2.18. The highest BCUT2D eigenvalue weighted by molar-refractivity contribution is 6.44. The van der Waals surface area contributed by atoms with Crippen molar-refractivity contribution < 1.29 is 19.3 Å². The molecule has 1 atom stereocenters. The van der Waals surface area contributed by atoms with E-state index in [0.29, 0.717) is 6.54 Å². The fourth-order valence-corrected chi connectivity index (χ4v) is 3.66. The highest BCUT2D eigenvalue weighted by atomic mass is 16.2. The standard InChI is InChI=1S/C22H21N3O3/c26-20-21(27)25(22(28)24(20)15-17-7-3-1-4-8-17)16-23-13-11-19(12-14-23)18-9-5-2-6-10-18/h1-11H,12-16H2/p+1. The summed E-state index contributed by atoms with van der Waals surface area (Å²) in [6.07, 6.45) is 3.03. The number of nitrogens with one attached hydrogen (secondary N) is 1. The summed E-state index contributed by atoms with van der Waals surface area (Å²) in [6, 6.07) is 18.9. The van der Waals surface area contributed by atoms with Crippen LogP contribution in [0, 0.1) is 0 Å². The van der Waals surface area contributed by atoms with E-state index < -0.39 is 17.8 Å². The molecule has 28 heavy (non-hydrogen) atoms. The largest absolute Gasteiger partial charge is 0.339 e. The second kappa shape index (κ2) is 7.78. The maximum absolute atomic E-state index is 12.7. The smallest absolute Gasteiger partial charge is 0.314 e. The molecule has 1 fully saturated rings. The first-order valence-corrected chi connectivity index (χ1v) is 9.43. The Balaban J connectivity index is 1.41. The number of quaternary nitrogens is 1. The highest BCUT2D eigenvalue weighted by Gasteiger charge is 2.46. The average molecular weight is 376 g/mol. The summed E-state index contributed by atoms with van der Waals surface area (Å²) >= 11 is 0. The van der Waals surface area contributed by atoms with Gasteiger partial charge in [0.05, 0.1) is 19.6 Å². The molecule has 6 heteroatoms. The van der Waals surface area contributed by atoms with Crippen molar-refractivity contribution in [3.63, 3.8) is 0 Å². The van der Waals surface area contributed by atoms with Crippen LogP contribution < -0.4 is 4.90 Å². The first kappa shape index (κ1) is 18.1. The van der Waals surface area contributed by atoms with Crippen molar-refractivity contribution in [1.82, 2.24) is 9.80 Å². The molecular weight excluding hydrogens is 354 g/mol. The van der Waals surface area contributed by atoms with Crippen molar-refractivity contribution in [1.29, 1.82) is 0 Å². The van der Waals surface area contributed by atoms with E-state index in [2.05, 4.69) is 18.2 Å². The zero-order chi connectivity index (χ0) is 19.5. The SMILES string of the molecule is O=C1C(=O)N(C[NH+]2CC=C(c3ccccc3)CC2)C(=O)N1Cc1ccccc1. The number of hydrogen-bond acceptors (Lipinski definition) is 3. The van der Waals surface area contributed by atoms with Gasteiger partial charge in [0.25, 0.3) is 0 Å². The molecule has 1 unspecified atom stereocenters. The van der Waals surface area contributed by atoms with Crippen molar-refractivity contribution in [2.75, 3.05) is 19.8 Å². The molecule has 4 rings (SSSR count). The molecule has 2 heterocycles. The molecular formula is C22H22N3O3+. The lowest BCUT2D eigenvalue weighted by Gasteiger charge is -2.26. The summed E-state index contributed by atoms with van der Waals surface area (Å²) in [5, 5.41) is 0. The predicted octanol–water partition coefficient (Wildman–Crippen LogP) is 1.31. The molecule has 1 N–H and O–H groups in total. The maximum Gasteiger partial charge on any atom is 0.339 e. The molecule has 6 nitrogen and oxygen atoms in total. The third-order valence-corrected chi connectivity index (χ3v) is 5.23. The van der Waals surface area contributed by atoms with Crippen LogP contribution in [0.4, 0.5) is 4.79 Å². The number of nitrogens with zero attached hydrogens (tertiary/aromatic N) is 2. The molecule has 2 aliphatic rings. The number of hydrogen-bond donors (Lipinski definition) is 1. The molecule has 0 aliphatic carbocycles. The molecule has 2 aromatic carbocycles. The van der Waals surface area contributed by atoms with Gasteiger partial charge in [-0.2, -0.15) is 0 Å². The monoisotopic (exact) mass is 376 g/mol. The van der Waals surface area contributed by atoms with Crippen LogP contribution in [0.1, 0.15) is 17.5 Å². The van der Waals surface area contributed by atoms with E-state index in [1.165, 1.54) is 11.1 Å². The molecule has 0 bridgehead atoms. The van der Waals surface area contributed by atoms with Gasteiger partial charge in [-0.25, -0.2) is 9.69 Å². The van der Waals surface area contributed by atoms with Crippen molar-refractivity contribution in [3.8, 4) is 0 Å². The Morgan fingerprint density at radius 2 is 1.46 bits per heavy atom. The molecule has 0 saturated carbocycles. The lowest BCUT2D eigenvalue weighted by atomic mass is 10.00. The van der Waals surface area contributed by atoms with Gasteiger partial charge in [0.1, 0.15) is 0 Å². The number of rotatable bonds is 5. The number of carbonyl (C=O) groups is 3. The maximum atomic E-state index is 12.7. The summed E-state index contributed by atoms with van der Waals surface area (Å²) in [5.74, 6) is -1.47. The lowest BCUT2D eigenvalue weighted by molar-refractivity contribution is -0.902. The van der Waals surface area contributed by atoms with Crippen LogP contribution in [-0.2, 0) is 16.1 Å². The minimum atomic E-state index is -0.745. The van der Waals surface area contributed by atoms with E-state index in [1.807, 2.05) is 48.5 Å². The Morgan fingerprint density at radius 3 is 2.11 bits per heavy atom. The number of benzene rings is 2. The number of urea groups is 1. The quantitative estimate of drug-likeness (QED) is 0.632. The van der Waals surface area contributed by atoms with E-state index in [1.54, 1.807) is 0 Å². The second-order valence-electron chi connectivity index (χ2n) is 7.10. The molecule has 4 amide bonds. The Hall–Kier alpha value is -3.25. The van der Waals surface area contributed by atoms with E-state index in [0.717, 1.165) is 33.2 Å². The average Bonchev–Trinajstić information content (AvgIpc) is 2.94. The first-order valence-electron chi connectivity index (χ1n) is 9.43. The van der Waals surface area contributed by atoms with E-state index in [9.17, 15) is 14.4 Å². The minimum absolute atomic E-state index is 0.119. The van der Waals surface area contributed by atoms with Crippen molar-refractivity contribution in [2.45, 2.75) is 13.0 Å². The first-order chi connectivity index (χ1) is 13.6. The molecule has 142 valence electrons. The van der Waals surface area contributed by atoms with Crippen molar-refractivity contribution >= 4 is 23.4 Å². The van der Waals surface area contributed by atoms with Gasteiger partial charge in [-0.3, -0.25) is 14.5 Å². The Labute approximate surface area is 163 Å². The Kier molecular flexibility index (Phi) is 5.04. The number of carbonyl (C=O) groups excluding carboxylic acids is 3. The predicted molar refractivity (Wildman–Crippen MR) is 104 cm³/mol. The Bertz CT molecular complexity index is 925. The van der Waals surface area contributed by atoms with Crippen molar-refractivity contribution in [3.05, 3.63) is 77.9 Å². The molecule has 1 saturated heterocycles. The fraction of sp³-hybridized carbons (Fsp3) is 0.227. The van der Waals surface area contributed by atoms with Crippen LogP contribution in [0.2, 0.25) is 0 Å². The van der Waals surface area contributed by atoms with Crippen LogP contribution in [0.3, 0.4) is 0 Å². The van der Waals surface area contributed by atoms with Gasteiger partial charge in [0.15, 0.2) is 6.67 Å². The van der Waals surface area contributed by atoms with E-state index in [4.69, 9.17) is 0 Å². The van der Waals surface area contributed by atoms with Gasteiger partial charge in [0, 0.05) is 6.42 Å². The van der Waals surface area contributed by atoms with E-state index >= 15 is 0 Å². The summed E-state index contributed by atoms with van der Waals surface area (Å²) in [4.78, 5) is 40.5. The van der Waals surface area contributed by atoms with Gasteiger partial charge >= 0.3 is 17.8 Å². The van der Waals surface area contributed by atoms with Crippen LogP contribution >= 0.6 is 0 Å². The topological polar surface area (TPSA) is 62.1 Å². The van der Waals surface area contributed by atoms with Crippen molar-refractivity contribution in [2.24, 2.45) is 0 Å². The molecule has 0 radical (unpaired) electrons.